The molecule has 1 fully saturated rings. The van der Waals surface area contributed by atoms with Crippen molar-refractivity contribution in [3.63, 3.8) is 0 Å². The zero-order valence-corrected chi connectivity index (χ0v) is 12.8. The summed E-state index contributed by atoms with van der Waals surface area (Å²) in [6.07, 6.45) is 1.01. The van der Waals surface area contributed by atoms with Crippen molar-refractivity contribution in [3.8, 4) is 0 Å². The van der Waals surface area contributed by atoms with Gasteiger partial charge >= 0.3 is 0 Å². The van der Waals surface area contributed by atoms with E-state index in [4.69, 9.17) is 4.74 Å². The third kappa shape index (κ3) is 3.38. The van der Waals surface area contributed by atoms with Crippen molar-refractivity contribution in [2.75, 3.05) is 7.11 Å². The molecule has 8 nitrogen and oxygen atoms in total. The Morgan fingerprint density at radius 1 is 1.57 bits per heavy atom. The van der Waals surface area contributed by atoms with Gasteiger partial charge in [-0.1, -0.05) is 0 Å². The molecular formula is C13H21N5O3. The molecule has 0 aliphatic carbocycles. The number of nitrogens with zero attached hydrogens (tertiary/aromatic N) is 3. The van der Waals surface area contributed by atoms with Gasteiger partial charge in [-0.2, -0.15) is 5.10 Å². The first-order chi connectivity index (χ1) is 9.83. The molecule has 0 saturated carbocycles. The van der Waals surface area contributed by atoms with Crippen molar-refractivity contribution in [3.05, 3.63) is 11.6 Å². The Labute approximate surface area is 123 Å². The van der Waals surface area contributed by atoms with Crippen LogP contribution in [0.15, 0.2) is 0 Å². The lowest BCUT2D eigenvalue weighted by Gasteiger charge is -2.39. The third-order valence-electron chi connectivity index (χ3n) is 3.58. The molecule has 1 saturated heterocycles. The highest BCUT2D eigenvalue weighted by atomic mass is 16.5. The van der Waals surface area contributed by atoms with Crippen molar-refractivity contribution in [1.29, 1.82) is 0 Å². The predicted octanol–water partition coefficient (Wildman–Crippen LogP) is -0.251. The van der Waals surface area contributed by atoms with E-state index in [9.17, 15) is 9.59 Å². The van der Waals surface area contributed by atoms with Crippen LogP contribution in [0.3, 0.4) is 0 Å². The molecule has 1 aromatic rings. The molecule has 0 spiro atoms. The van der Waals surface area contributed by atoms with E-state index in [1.54, 1.807) is 14.2 Å². The molecule has 1 aromatic heterocycles. The molecule has 8 heteroatoms. The van der Waals surface area contributed by atoms with Crippen LogP contribution in [0.4, 0.5) is 0 Å². The monoisotopic (exact) mass is 295 g/mol. The fourth-order valence-electron chi connectivity index (χ4n) is 2.45. The Balaban J connectivity index is 2.09. The number of ether oxygens (including phenoxy) is 1. The van der Waals surface area contributed by atoms with Gasteiger partial charge in [-0.05, 0) is 20.3 Å². The number of hydrogen-bond donors (Lipinski definition) is 2. The zero-order valence-electron chi connectivity index (χ0n) is 12.8. The number of amides is 2. The lowest BCUT2D eigenvalue weighted by Crippen LogP contribution is -2.62. The van der Waals surface area contributed by atoms with E-state index in [1.165, 1.54) is 4.68 Å². The maximum Gasteiger partial charge on any atom is 0.289 e. The molecule has 2 amide bonds. The predicted molar refractivity (Wildman–Crippen MR) is 74.4 cm³/mol. The summed E-state index contributed by atoms with van der Waals surface area (Å²) in [4.78, 5) is 27.9. The molecular weight excluding hydrogens is 274 g/mol. The zero-order chi connectivity index (χ0) is 15.6. The van der Waals surface area contributed by atoms with Crippen molar-refractivity contribution < 1.29 is 14.3 Å². The second kappa shape index (κ2) is 5.80. The minimum Gasteiger partial charge on any atom is -0.377 e. The summed E-state index contributed by atoms with van der Waals surface area (Å²) in [6, 6.07) is -0.148. The van der Waals surface area contributed by atoms with Gasteiger partial charge in [0.1, 0.15) is 6.61 Å². The van der Waals surface area contributed by atoms with Crippen LogP contribution in [0.5, 0.6) is 0 Å². The first-order valence-electron chi connectivity index (χ1n) is 6.84. The van der Waals surface area contributed by atoms with Gasteiger partial charge in [0.05, 0.1) is 11.6 Å². The number of rotatable bonds is 4. The summed E-state index contributed by atoms with van der Waals surface area (Å²) in [7, 11) is 3.21. The summed E-state index contributed by atoms with van der Waals surface area (Å²) in [5.74, 6) is 0.393. The Morgan fingerprint density at radius 2 is 2.29 bits per heavy atom. The summed E-state index contributed by atoms with van der Waals surface area (Å²) in [6.45, 7) is 4.04. The first-order valence-corrected chi connectivity index (χ1v) is 6.84. The summed E-state index contributed by atoms with van der Waals surface area (Å²) in [5, 5.41) is 9.92. The van der Waals surface area contributed by atoms with E-state index in [-0.39, 0.29) is 30.3 Å². The van der Waals surface area contributed by atoms with Crippen LogP contribution in [0.1, 0.15) is 43.1 Å². The fourth-order valence-corrected chi connectivity index (χ4v) is 2.45. The SMILES string of the molecule is COCc1nc(C(=O)NC2CCC(=O)NC2(C)C)n(C)n1. The van der Waals surface area contributed by atoms with E-state index in [2.05, 4.69) is 20.7 Å². The van der Waals surface area contributed by atoms with Gasteiger partial charge in [-0.15, -0.1) is 0 Å². The number of carbonyl (C=O) groups excluding carboxylic acids is 2. The van der Waals surface area contributed by atoms with Crippen LogP contribution in [-0.2, 0) is 23.2 Å². The van der Waals surface area contributed by atoms with Crippen LogP contribution in [0.25, 0.3) is 0 Å². The Hall–Kier alpha value is -1.96. The second-order valence-electron chi connectivity index (χ2n) is 5.74. The standard InChI is InChI=1S/C13H21N5O3/c1-13(2)8(5-6-10(19)16-13)14-12(20)11-15-9(7-21-4)17-18(11)3/h8H,5-7H2,1-4H3,(H,14,20)(H,16,19). The Kier molecular flexibility index (Phi) is 4.26. The van der Waals surface area contributed by atoms with Gasteiger partial charge in [-0.3, -0.25) is 9.59 Å². The molecule has 2 N–H and O–H groups in total. The molecule has 1 unspecified atom stereocenters. The molecule has 0 bridgehead atoms. The van der Waals surface area contributed by atoms with Gasteiger partial charge in [0, 0.05) is 20.6 Å². The lowest BCUT2D eigenvalue weighted by molar-refractivity contribution is -0.125. The number of aromatic nitrogens is 3. The number of hydrogen-bond acceptors (Lipinski definition) is 5. The van der Waals surface area contributed by atoms with E-state index >= 15 is 0 Å². The van der Waals surface area contributed by atoms with Gasteiger partial charge in [0.2, 0.25) is 11.7 Å². The quantitative estimate of drug-likeness (QED) is 0.798. The average Bonchev–Trinajstić information content (AvgIpc) is 2.73. The minimum absolute atomic E-state index is 0.00605. The number of methoxy groups -OCH3 is 1. The van der Waals surface area contributed by atoms with Gasteiger partial charge in [0.25, 0.3) is 5.91 Å². The molecule has 2 rings (SSSR count). The molecule has 1 aliphatic rings. The fraction of sp³-hybridized carbons (Fsp3) is 0.692. The first kappa shape index (κ1) is 15.4. The highest BCUT2D eigenvalue weighted by Gasteiger charge is 2.37. The molecule has 0 aromatic carbocycles. The molecule has 2 heterocycles. The van der Waals surface area contributed by atoms with E-state index < -0.39 is 5.54 Å². The molecule has 1 atom stereocenters. The largest absolute Gasteiger partial charge is 0.377 e. The highest BCUT2D eigenvalue weighted by Crippen LogP contribution is 2.20. The summed E-state index contributed by atoms with van der Waals surface area (Å²) >= 11 is 0. The maximum absolute atomic E-state index is 12.3. The number of aryl methyl sites for hydroxylation is 1. The lowest BCUT2D eigenvalue weighted by atomic mass is 9.87. The summed E-state index contributed by atoms with van der Waals surface area (Å²) in [5.41, 5.74) is -0.487. The average molecular weight is 295 g/mol. The molecule has 0 radical (unpaired) electrons. The number of carbonyl (C=O) groups is 2. The van der Waals surface area contributed by atoms with Crippen molar-refractivity contribution in [2.24, 2.45) is 7.05 Å². The van der Waals surface area contributed by atoms with Crippen LogP contribution in [-0.4, -0.2) is 45.3 Å². The number of piperidine rings is 1. The maximum atomic E-state index is 12.3. The topological polar surface area (TPSA) is 98.1 Å². The van der Waals surface area contributed by atoms with Crippen LogP contribution in [0, 0.1) is 0 Å². The van der Waals surface area contributed by atoms with E-state index in [0.717, 1.165) is 0 Å². The molecule has 21 heavy (non-hydrogen) atoms. The van der Waals surface area contributed by atoms with E-state index in [1.807, 2.05) is 13.8 Å². The second-order valence-corrected chi connectivity index (χ2v) is 5.74. The van der Waals surface area contributed by atoms with Crippen molar-refractivity contribution >= 4 is 11.8 Å². The smallest absolute Gasteiger partial charge is 0.289 e. The van der Waals surface area contributed by atoms with Crippen LogP contribution < -0.4 is 10.6 Å². The molecule has 1 aliphatic heterocycles. The normalized spacial score (nSPS) is 21.0. The third-order valence-corrected chi connectivity index (χ3v) is 3.58. The van der Waals surface area contributed by atoms with Crippen LogP contribution in [0.2, 0.25) is 0 Å². The van der Waals surface area contributed by atoms with Gasteiger partial charge in [-0.25, -0.2) is 9.67 Å². The van der Waals surface area contributed by atoms with Gasteiger partial charge in [0.15, 0.2) is 5.82 Å². The minimum atomic E-state index is -0.487. The van der Waals surface area contributed by atoms with E-state index in [0.29, 0.717) is 18.7 Å². The Morgan fingerprint density at radius 3 is 2.90 bits per heavy atom. The summed E-state index contributed by atoms with van der Waals surface area (Å²) < 4.78 is 6.38. The van der Waals surface area contributed by atoms with Gasteiger partial charge < -0.3 is 15.4 Å². The molecule has 116 valence electrons. The van der Waals surface area contributed by atoms with Crippen LogP contribution >= 0.6 is 0 Å². The van der Waals surface area contributed by atoms with Crippen molar-refractivity contribution in [1.82, 2.24) is 25.4 Å². The number of nitrogens with one attached hydrogen (secondary N) is 2. The highest BCUT2D eigenvalue weighted by molar-refractivity contribution is 5.91. The van der Waals surface area contributed by atoms with Crippen molar-refractivity contribution in [2.45, 2.75) is 44.9 Å². The Bertz CT molecular complexity index is 552.